The first kappa shape index (κ1) is 18.7. The zero-order valence-electron chi connectivity index (χ0n) is 14.9. The number of aromatic nitrogens is 3. The van der Waals surface area contributed by atoms with E-state index in [2.05, 4.69) is 20.1 Å². The molecule has 6 nitrogen and oxygen atoms in total. The molecule has 1 aromatic carbocycles. The summed E-state index contributed by atoms with van der Waals surface area (Å²) in [6.45, 7) is 2.52. The minimum absolute atomic E-state index is 0.0853. The van der Waals surface area contributed by atoms with Crippen molar-refractivity contribution in [2.75, 3.05) is 31.1 Å². The van der Waals surface area contributed by atoms with E-state index in [0.29, 0.717) is 41.8 Å². The lowest BCUT2D eigenvalue weighted by molar-refractivity contribution is 0.0746. The lowest BCUT2D eigenvalue weighted by atomic mass is 10.1. The molecular weight excluding hydrogens is 397 g/mol. The van der Waals surface area contributed by atoms with Crippen LogP contribution in [0.25, 0.3) is 11.4 Å². The average Bonchev–Trinajstić information content (AvgIpc) is 2.74. The van der Waals surface area contributed by atoms with Crippen LogP contribution in [0.4, 0.5) is 5.82 Å². The predicted octanol–water partition coefficient (Wildman–Crippen LogP) is 3.81. The SMILES string of the molecule is O=C(c1ccc(Cl)cc1Cl)N1CCN(c2ccc(-c3ccccn3)nn2)CC1. The molecular formula is C20H17Cl2N5O. The van der Waals surface area contributed by atoms with Crippen molar-refractivity contribution in [2.45, 2.75) is 0 Å². The molecule has 28 heavy (non-hydrogen) atoms. The van der Waals surface area contributed by atoms with E-state index in [9.17, 15) is 4.79 Å². The highest BCUT2D eigenvalue weighted by Crippen LogP contribution is 2.23. The van der Waals surface area contributed by atoms with E-state index in [1.807, 2.05) is 30.3 Å². The van der Waals surface area contributed by atoms with E-state index in [4.69, 9.17) is 23.2 Å². The van der Waals surface area contributed by atoms with Crippen LogP contribution < -0.4 is 4.90 Å². The molecule has 8 heteroatoms. The van der Waals surface area contributed by atoms with E-state index in [0.717, 1.165) is 17.2 Å². The van der Waals surface area contributed by atoms with Gasteiger partial charge < -0.3 is 9.80 Å². The van der Waals surface area contributed by atoms with Crippen LogP contribution in [0, 0.1) is 0 Å². The van der Waals surface area contributed by atoms with Crippen LogP contribution in [0.2, 0.25) is 10.0 Å². The van der Waals surface area contributed by atoms with Gasteiger partial charge in [0.1, 0.15) is 5.69 Å². The average molecular weight is 414 g/mol. The van der Waals surface area contributed by atoms with Crippen molar-refractivity contribution >= 4 is 34.9 Å². The van der Waals surface area contributed by atoms with Crippen LogP contribution in [-0.2, 0) is 0 Å². The third kappa shape index (κ3) is 3.93. The number of nitrogens with zero attached hydrogens (tertiary/aromatic N) is 5. The number of hydrogen-bond donors (Lipinski definition) is 0. The molecule has 0 aliphatic carbocycles. The van der Waals surface area contributed by atoms with Crippen LogP contribution in [0.5, 0.6) is 0 Å². The van der Waals surface area contributed by atoms with Crippen LogP contribution in [0.3, 0.4) is 0 Å². The Labute approximate surface area is 172 Å². The van der Waals surface area contributed by atoms with Crippen molar-refractivity contribution in [1.82, 2.24) is 20.1 Å². The first-order valence-corrected chi connectivity index (χ1v) is 9.62. The first-order valence-electron chi connectivity index (χ1n) is 8.86. The van der Waals surface area contributed by atoms with Gasteiger partial charge in [0.05, 0.1) is 16.3 Å². The molecule has 4 rings (SSSR count). The van der Waals surface area contributed by atoms with E-state index in [-0.39, 0.29) is 5.91 Å². The minimum Gasteiger partial charge on any atom is -0.352 e. The number of hydrogen-bond acceptors (Lipinski definition) is 5. The number of benzene rings is 1. The van der Waals surface area contributed by atoms with Gasteiger partial charge in [-0.2, -0.15) is 0 Å². The Balaban J connectivity index is 1.40. The van der Waals surface area contributed by atoms with Gasteiger partial charge in [-0.3, -0.25) is 9.78 Å². The maximum absolute atomic E-state index is 12.7. The Hall–Kier alpha value is -2.70. The molecule has 0 spiro atoms. The van der Waals surface area contributed by atoms with Gasteiger partial charge in [0.15, 0.2) is 5.82 Å². The van der Waals surface area contributed by atoms with Crippen LogP contribution in [-0.4, -0.2) is 52.2 Å². The second-order valence-electron chi connectivity index (χ2n) is 6.40. The quantitative estimate of drug-likeness (QED) is 0.653. The highest BCUT2D eigenvalue weighted by atomic mass is 35.5. The minimum atomic E-state index is -0.0853. The van der Waals surface area contributed by atoms with E-state index in [1.165, 1.54) is 0 Å². The summed E-state index contributed by atoms with van der Waals surface area (Å²) in [7, 11) is 0. The Morgan fingerprint density at radius 1 is 0.893 bits per heavy atom. The summed E-state index contributed by atoms with van der Waals surface area (Å²) in [5.41, 5.74) is 1.99. The highest BCUT2D eigenvalue weighted by molar-refractivity contribution is 6.36. The predicted molar refractivity (Wildman–Crippen MR) is 110 cm³/mol. The van der Waals surface area contributed by atoms with Gasteiger partial charge in [0, 0.05) is 37.4 Å². The molecule has 0 saturated carbocycles. The third-order valence-corrected chi connectivity index (χ3v) is 5.18. The molecule has 3 aromatic rings. The third-order valence-electron chi connectivity index (χ3n) is 4.63. The molecule has 1 aliphatic rings. The molecule has 0 radical (unpaired) electrons. The molecule has 142 valence electrons. The molecule has 0 bridgehead atoms. The van der Waals surface area contributed by atoms with E-state index < -0.39 is 0 Å². The lowest BCUT2D eigenvalue weighted by Crippen LogP contribution is -2.49. The van der Waals surface area contributed by atoms with Gasteiger partial charge in [0.2, 0.25) is 0 Å². The van der Waals surface area contributed by atoms with Gasteiger partial charge in [-0.1, -0.05) is 29.3 Å². The summed E-state index contributed by atoms with van der Waals surface area (Å²) in [4.78, 5) is 20.9. The summed E-state index contributed by atoms with van der Waals surface area (Å²) in [6, 6.07) is 14.5. The normalized spacial score (nSPS) is 14.2. The number of amides is 1. The second-order valence-corrected chi connectivity index (χ2v) is 7.24. The standard InChI is InChI=1S/C20H17Cl2N5O/c21-14-4-5-15(16(22)13-14)20(28)27-11-9-26(10-12-27)19-7-6-18(24-25-19)17-3-1-2-8-23-17/h1-8,13H,9-12H2. The number of rotatable bonds is 3. The molecule has 1 amide bonds. The van der Waals surface area contributed by atoms with Crippen molar-refractivity contribution in [1.29, 1.82) is 0 Å². The van der Waals surface area contributed by atoms with Gasteiger partial charge in [0.25, 0.3) is 5.91 Å². The first-order chi connectivity index (χ1) is 13.6. The molecule has 0 atom stereocenters. The molecule has 3 heterocycles. The van der Waals surface area contributed by atoms with Crippen molar-refractivity contribution in [2.24, 2.45) is 0 Å². The number of piperazine rings is 1. The molecule has 0 N–H and O–H groups in total. The highest BCUT2D eigenvalue weighted by Gasteiger charge is 2.24. The zero-order valence-corrected chi connectivity index (χ0v) is 16.4. The fourth-order valence-corrected chi connectivity index (χ4v) is 3.61. The Morgan fingerprint density at radius 3 is 2.36 bits per heavy atom. The Morgan fingerprint density at radius 2 is 1.71 bits per heavy atom. The molecule has 1 aliphatic heterocycles. The molecule has 0 unspecified atom stereocenters. The Bertz CT molecular complexity index is 974. The maximum Gasteiger partial charge on any atom is 0.255 e. The fourth-order valence-electron chi connectivity index (χ4n) is 3.12. The van der Waals surface area contributed by atoms with Crippen molar-refractivity contribution in [3.63, 3.8) is 0 Å². The van der Waals surface area contributed by atoms with Crippen LogP contribution >= 0.6 is 23.2 Å². The van der Waals surface area contributed by atoms with E-state index in [1.54, 1.807) is 29.3 Å². The summed E-state index contributed by atoms with van der Waals surface area (Å²) < 4.78 is 0. The maximum atomic E-state index is 12.7. The fraction of sp³-hybridized carbons (Fsp3) is 0.200. The van der Waals surface area contributed by atoms with Gasteiger partial charge >= 0.3 is 0 Å². The summed E-state index contributed by atoms with van der Waals surface area (Å²) in [6.07, 6.45) is 1.73. The Kier molecular flexibility index (Phi) is 5.41. The summed E-state index contributed by atoms with van der Waals surface area (Å²) in [5, 5.41) is 9.49. The van der Waals surface area contributed by atoms with Gasteiger partial charge in [-0.05, 0) is 42.5 Å². The number of halogens is 2. The molecule has 1 saturated heterocycles. The zero-order chi connectivity index (χ0) is 19.5. The van der Waals surface area contributed by atoms with Crippen molar-refractivity contribution in [3.05, 3.63) is 70.3 Å². The number of carbonyl (C=O) groups is 1. The van der Waals surface area contributed by atoms with Gasteiger partial charge in [-0.15, -0.1) is 10.2 Å². The van der Waals surface area contributed by atoms with Gasteiger partial charge in [-0.25, -0.2) is 0 Å². The number of anilines is 1. The molecule has 2 aromatic heterocycles. The molecule has 1 fully saturated rings. The largest absolute Gasteiger partial charge is 0.352 e. The van der Waals surface area contributed by atoms with Crippen LogP contribution in [0.15, 0.2) is 54.7 Å². The smallest absolute Gasteiger partial charge is 0.255 e. The van der Waals surface area contributed by atoms with Crippen LogP contribution in [0.1, 0.15) is 10.4 Å². The van der Waals surface area contributed by atoms with Crippen molar-refractivity contribution in [3.8, 4) is 11.4 Å². The monoisotopic (exact) mass is 413 g/mol. The second kappa shape index (κ2) is 8.12. The topological polar surface area (TPSA) is 62.2 Å². The van der Waals surface area contributed by atoms with E-state index >= 15 is 0 Å². The van der Waals surface area contributed by atoms with Crippen molar-refractivity contribution < 1.29 is 4.79 Å². The summed E-state index contributed by atoms with van der Waals surface area (Å²) >= 11 is 12.1. The number of pyridine rings is 1. The lowest BCUT2D eigenvalue weighted by Gasteiger charge is -2.35. The number of carbonyl (C=O) groups excluding carboxylic acids is 1. The summed E-state index contributed by atoms with van der Waals surface area (Å²) in [5.74, 6) is 0.703.